The van der Waals surface area contributed by atoms with E-state index in [2.05, 4.69) is 0 Å². The molecule has 14 heteroatoms. The van der Waals surface area contributed by atoms with Gasteiger partial charge in [-0.15, -0.1) is 0 Å². The number of hydrogen-bond acceptors (Lipinski definition) is 6. The molecular formula is C22H29F3N4O7. The van der Waals surface area contributed by atoms with Crippen LogP contribution in [-0.4, -0.2) is 76.6 Å². The van der Waals surface area contributed by atoms with Gasteiger partial charge in [0.25, 0.3) is 5.91 Å². The molecule has 1 aromatic rings. The number of benzene rings is 1. The molecule has 0 aliphatic carbocycles. The number of hydrogen-bond donors (Lipinski definition) is 4. The van der Waals surface area contributed by atoms with Gasteiger partial charge in [-0.2, -0.15) is 13.2 Å². The van der Waals surface area contributed by atoms with Crippen LogP contribution in [0.5, 0.6) is 5.75 Å². The van der Waals surface area contributed by atoms with E-state index in [1.165, 1.54) is 4.90 Å². The maximum Gasteiger partial charge on any atom is 0.490 e. The van der Waals surface area contributed by atoms with Gasteiger partial charge in [-0.25, -0.2) is 4.79 Å². The number of nitrogens with zero attached hydrogens (tertiary/aromatic N) is 2. The van der Waals surface area contributed by atoms with Gasteiger partial charge in [0.15, 0.2) is 0 Å². The zero-order valence-electron chi connectivity index (χ0n) is 19.8. The molecule has 1 aromatic carbocycles. The molecule has 0 unspecified atom stereocenters. The first-order valence-electron chi connectivity index (χ1n) is 10.9. The van der Waals surface area contributed by atoms with Gasteiger partial charge in [0, 0.05) is 19.0 Å². The summed E-state index contributed by atoms with van der Waals surface area (Å²) in [4.78, 5) is 48.4. The number of rotatable bonds is 10. The molecule has 1 aliphatic rings. The van der Waals surface area contributed by atoms with Crippen molar-refractivity contribution in [3.05, 3.63) is 23.8 Å². The topological polar surface area (TPSA) is 174 Å². The Labute approximate surface area is 205 Å². The predicted octanol–water partition coefficient (Wildman–Crippen LogP) is 2.48. The fraction of sp³-hybridized carbons (Fsp3) is 0.500. The summed E-state index contributed by atoms with van der Waals surface area (Å²) >= 11 is 0. The third kappa shape index (κ3) is 9.43. The molecule has 0 bridgehead atoms. The lowest BCUT2D eigenvalue weighted by Gasteiger charge is -2.26. The van der Waals surface area contributed by atoms with Crippen LogP contribution in [0.3, 0.4) is 0 Å². The molecule has 2 amide bonds. The van der Waals surface area contributed by atoms with Crippen LogP contribution in [0.25, 0.3) is 0 Å². The SMILES string of the molecule is CC(C)N1C(=O)CN(CCC(=O)O)C(=O)c2cc(OCCCCC(=N)N)ccc21.O=C(O)C(F)(F)F. The Bertz CT molecular complexity index is 983. The summed E-state index contributed by atoms with van der Waals surface area (Å²) in [5.41, 5.74) is 6.14. The summed E-state index contributed by atoms with van der Waals surface area (Å²) in [6, 6.07) is 4.85. The molecule has 2 rings (SSSR count). The lowest BCUT2D eigenvalue weighted by Crippen LogP contribution is -2.42. The summed E-state index contributed by atoms with van der Waals surface area (Å²) in [6.07, 6.45) is -3.36. The van der Waals surface area contributed by atoms with E-state index >= 15 is 0 Å². The minimum atomic E-state index is -5.08. The summed E-state index contributed by atoms with van der Waals surface area (Å²) in [5, 5.41) is 23.3. The number of nitrogens with two attached hydrogens (primary N) is 1. The summed E-state index contributed by atoms with van der Waals surface area (Å²) in [7, 11) is 0. The zero-order chi connectivity index (χ0) is 27.6. The number of carbonyl (C=O) groups is 4. The number of amides is 2. The van der Waals surface area contributed by atoms with Gasteiger partial charge in [0.05, 0.1) is 30.1 Å². The third-order valence-electron chi connectivity index (χ3n) is 4.80. The molecule has 5 N–H and O–H groups in total. The van der Waals surface area contributed by atoms with Gasteiger partial charge in [-0.1, -0.05) is 0 Å². The molecule has 200 valence electrons. The number of ether oxygens (including phenoxy) is 1. The maximum atomic E-state index is 13.0. The Morgan fingerprint density at radius 2 is 1.78 bits per heavy atom. The van der Waals surface area contributed by atoms with Gasteiger partial charge in [0.2, 0.25) is 5.91 Å². The fourth-order valence-corrected chi connectivity index (χ4v) is 3.19. The van der Waals surface area contributed by atoms with Crippen LogP contribution in [0.1, 0.15) is 49.9 Å². The number of carboxylic acid groups (broad SMARTS) is 2. The van der Waals surface area contributed by atoms with Crippen LogP contribution in [-0.2, 0) is 14.4 Å². The largest absolute Gasteiger partial charge is 0.494 e. The highest BCUT2D eigenvalue weighted by molar-refractivity contribution is 6.10. The number of unbranched alkanes of at least 4 members (excludes halogenated alkanes) is 1. The highest BCUT2D eigenvalue weighted by Gasteiger charge is 2.38. The van der Waals surface area contributed by atoms with E-state index in [4.69, 9.17) is 30.9 Å². The molecule has 0 fully saturated rings. The van der Waals surface area contributed by atoms with Crippen LogP contribution in [0.2, 0.25) is 0 Å². The van der Waals surface area contributed by atoms with Crippen molar-refractivity contribution in [3.63, 3.8) is 0 Å². The lowest BCUT2D eigenvalue weighted by atomic mass is 10.1. The molecule has 0 radical (unpaired) electrons. The van der Waals surface area contributed by atoms with Gasteiger partial charge in [0.1, 0.15) is 12.3 Å². The molecule has 0 atom stereocenters. The van der Waals surface area contributed by atoms with E-state index in [9.17, 15) is 27.6 Å². The van der Waals surface area contributed by atoms with Crippen LogP contribution in [0.4, 0.5) is 18.9 Å². The van der Waals surface area contributed by atoms with Crippen molar-refractivity contribution in [3.8, 4) is 5.75 Å². The third-order valence-corrected chi connectivity index (χ3v) is 4.80. The molecule has 0 saturated carbocycles. The van der Waals surface area contributed by atoms with Crippen LogP contribution in [0, 0.1) is 5.41 Å². The molecule has 0 saturated heterocycles. The van der Waals surface area contributed by atoms with Crippen LogP contribution in [0.15, 0.2) is 18.2 Å². The average Bonchev–Trinajstić information content (AvgIpc) is 2.85. The Morgan fingerprint density at radius 3 is 2.28 bits per heavy atom. The minimum Gasteiger partial charge on any atom is -0.494 e. The monoisotopic (exact) mass is 518 g/mol. The number of anilines is 1. The molecule has 1 heterocycles. The first-order valence-corrected chi connectivity index (χ1v) is 10.9. The number of nitrogens with one attached hydrogen (secondary N) is 1. The minimum absolute atomic E-state index is 0.0403. The number of aliphatic carboxylic acids is 2. The van der Waals surface area contributed by atoms with Crippen LogP contribution >= 0.6 is 0 Å². The first kappa shape index (κ1) is 30.2. The van der Waals surface area contributed by atoms with Crippen molar-refractivity contribution in [2.45, 2.75) is 51.7 Å². The molecule has 1 aliphatic heterocycles. The Kier molecular flexibility index (Phi) is 11.2. The molecule has 11 nitrogen and oxygen atoms in total. The van der Waals surface area contributed by atoms with E-state index < -0.39 is 18.1 Å². The number of amidine groups is 1. The predicted molar refractivity (Wildman–Crippen MR) is 122 cm³/mol. The van der Waals surface area contributed by atoms with E-state index in [-0.39, 0.29) is 43.2 Å². The summed E-state index contributed by atoms with van der Waals surface area (Å²) in [6.45, 7) is 3.93. The zero-order valence-corrected chi connectivity index (χ0v) is 19.8. The number of halogens is 3. The number of carbonyl (C=O) groups excluding carboxylic acids is 2. The van der Waals surface area contributed by atoms with Crippen LogP contribution < -0.4 is 15.4 Å². The highest BCUT2D eigenvalue weighted by Crippen LogP contribution is 2.31. The van der Waals surface area contributed by atoms with Gasteiger partial charge < -0.3 is 30.5 Å². The summed E-state index contributed by atoms with van der Waals surface area (Å²) in [5.74, 6) is -3.79. The highest BCUT2D eigenvalue weighted by atomic mass is 19.4. The van der Waals surface area contributed by atoms with E-state index in [1.54, 1.807) is 23.1 Å². The van der Waals surface area contributed by atoms with Crippen molar-refractivity contribution in [1.82, 2.24) is 4.90 Å². The smallest absolute Gasteiger partial charge is 0.490 e. The van der Waals surface area contributed by atoms with Gasteiger partial charge >= 0.3 is 18.1 Å². The molecule has 0 aromatic heterocycles. The van der Waals surface area contributed by atoms with Crippen molar-refractivity contribution >= 4 is 35.3 Å². The van der Waals surface area contributed by atoms with Crippen molar-refractivity contribution in [2.75, 3.05) is 24.6 Å². The second kappa shape index (κ2) is 13.3. The number of carboxylic acids is 2. The molecular weight excluding hydrogens is 489 g/mol. The Hall–Kier alpha value is -3.84. The average molecular weight is 518 g/mol. The normalized spacial score (nSPS) is 13.5. The van der Waals surface area contributed by atoms with E-state index in [0.717, 1.165) is 6.42 Å². The van der Waals surface area contributed by atoms with E-state index in [0.29, 0.717) is 36.4 Å². The molecule has 36 heavy (non-hydrogen) atoms. The van der Waals surface area contributed by atoms with Crippen molar-refractivity contribution < 1.29 is 47.3 Å². The second-order valence-electron chi connectivity index (χ2n) is 8.04. The lowest BCUT2D eigenvalue weighted by molar-refractivity contribution is -0.192. The Balaban J connectivity index is 0.000000809. The fourth-order valence-electron chi connectivity index (χ4n) is 3.19. The summed E-state index contributed by atoms with van der Waals surface area (Å²) < 4.78 is 37.5. The van der Waals surface area contributed by atoms with E-state index in [1.807, 2.05) is 13.8 Å². The second-order valence-corrected chi connectivity index (χ2v) is 8.04. The number of alkyl halides is 3. The Morgan fingerprint density at radius 1 is 1.17 bits per heavy atom. The quantitative estimate of drug-likeness (QED) is 0.208. The maximum absolute atomic E-state index is 13.0. The van der Waals surface area contributed by atoms with Crippen molar-refractivity contribution in [2.24, 2.45) is 5.73 Å². The standard InChI is InChI=1S/C20H28N4O5.C2HF3O2/c1-13(2)24-16-7-6-14(29-10-4-3-5-17(21)22)11-15(16)20(28)23(12-18(24)25)9-8-19(26)27;3-2(4,5)1(6)7/h6-7,11,13H,3-5,8-10,12H2,1-2H3,(H3,21,22)(H,26,27);(H,6,7). The van der Waals surface area contributed by atoms with Gasteiger partial charge in [-0.3, -0.25) is 19.8 Å². The first-order chi connectivity index (χ1) is 16.6. The molecule has 0 spiro atoms. The van der Waals surface area contributed by atoms with Crippen molar-refractivity contribution in [1.29, 1.82) is 5.41 Å². The number of fused-ring (bicyclic) bond motifs is 1. The van der Waals surface area contributed by atoms with Gasteiger partial charge in [-0.05, 0) is 44.9 Å².